The molecule has 1 aliphatic rings. The van der Waals surface area contributed by atoms with Crippen LogP contribution < -0.4 is 15.5 Å². The molecular formula is C15H20N4. The molecule has 1 aromatic heterocycles. The summed E-state index contributed by atoms with van der Waals surface area (Å²) in [5, 5.41) is 9.25. The SMILES string of the molecule is CCNc1ccc2ccnc(N3CCNCC3)c2c1. The molecule has 0 aliphatic carbocycles. The fraction of sp³-hybridized carbons (Fsp3) is 0.400. The summed E-state index contributed by atoms with van der Waals surface area (Å²) in [5.41, 5.74) is 1.17. The number of anilines is 2. The van der Waals surface area contributed by atoms with Crippen LogP contribution in [0, 0.1) is 0 Å². The first-order valence-electron chi connectivity index (χ1n) is 6.97. The minimum Gasteiger partial charge on any atom is -0.385 e. The monoisotopic (exact) mass is 256 g/mol. The van der Waals surface area contributed by atoms with Crippen LogP contribution in [-0.2, 0) is 0 Å². The van der Waals surface area contributed by atoms with Crippen molar-refractivity contribution in [2.75, 3.05) is 42.9 Å². The van der Waals surface area contributed by atoms with Crippen molar-refractivity contribution < 1.29 is 0 Å². The van der Waals surface area contributed by atoms with Gasteiger partial charge in [-0.2, -0.15) is 0 Å². The molecule has 0 saturated carbocycles. The Hall–Kier alpha value is -1.81. The van der Waals surface area contributed by atoms with E-state index in [9.17, 15) is 0 Å². The fourth-order valence-electron chi connectivity index (χ4n) is 2.60. The summed E-state index contributed by atoms with van der Waals surface area (Å²) < 4.78 is 0. The van der Waals surface area contributed by atoms with Crippen LogP contribution in [0.25, 0.3) is 10.8 Å². The Balaban J connectivity index is 2.04. The Morgan fingerprint density at radius 2 is 2.11 bits per heavy atom. The van der Waals surface area contributed by atoms with Crippen LogP contribution in [0.2, 0.25) is 0 Å². The average molecular weight is 256 g/mol. The minimum absolute atomic E-state index is 0.939. The van der Waals surface area contributed by atoms with Crippen LogP contribution in [0.5, 0.6) is 0 Å². The Kier molecular flexibility index (Phi) is 3.51. The van der Waals surface area contributed by atoms with Gasteiger partial charge in [-0.25, -0.2) is 4.98 Å². The van der Waals surface area contributed by atoms with E-state index in [2.05, 4.69) is 51.7 Å². The fourth-order valence-corrected chi connectivity index (χ4v) is 2.60. The summed E-state index contributed by atoms with van der Waals surface area (Å²) in [6, 6.07) is 8.59. The highest BCUT2D eigenvalue weighted by Crippen LogP contribution is 2.27. The topological polar surface area (TPSA) is 40.2 Å². The van der Waals surface area contributed by atoms with Gasteiger partial charge < -0.3 is 15.5 Å². The van der Waals surface area contributed by atoms with Gasteiger partial charge in [0.2, 0.25) is 0 Å². The minimum atomic E-state index is 0.939. The van der Waals surface area contributed by atoms with Crippen LogP contribution in [-0.4, -0.2) is 37.7 Å². The van der Waals surface area contributed by atoms with Gasteiger partial charge in [-0.15, -0.1) is 0 Å². The van der Waals surface area contributed by atoms with E-state index in [1.54, 1.807) is 0 Å². The van der Waals surface area contributed by atoms with E-state index in [0.29, 0.717) is 0 Å². The summed E-state index contributed by atoms with van der Waals surface area (Å²) in [4.78, 5) is 6.97. The average Bonchev–Trinajstić information content (AvgIpc) is 2.48. The van der Waals surface area contributed by atoms with E-state index in [1.165, 1.54) is 16.5 Å². The number of aromatic nitrogens is 1. The third kappa shape index (κ3) is 2.49. The second-order valence-corrected chi connectivity index (χ2v) is 4.84. The van der Waals surface area contributed by atoms with Crippen molar-refractivity contribution >= 4 is 22.3 Å². The molecule has 1 aromatic carbocycles. The number of hydrogen-bond acceptors (Lipinski definition) is 4. The lowest BCUT2D eigenvalue weighted by Crippen LogP contribution is -2.43. The Labute approximate surface area is 113 Å². The van der Waals surface area contributed by atoms with Crippen LogP contribution >= 0.6 is 0 Å². The first kappa shape index (κ1) is 12.2. The molecule has 0 spiro atoms. The number of nitrogens with one attached hydrogen (secondary N) is 2. The molecule has 4 nitrogen and oxygen atoms in total. The molecule has 1 fully saturated rings. The maximum Gasteiger partial charge on any atom is 0.136 e. The zero-order chi connectivity index (χ0) is 13.1. The summed E-state index contributed by atoms with van der Waals surface area (Å²) in [5.74, 6) is 1.11. The van der Waals surface area contributed by atoms with Crippen LogP contribution in [0.1, 0.15) is 6.92 Å². The second kappa shape index (κ2) is 5.45. The predicted molar refractivity (Wildman–Crippen MR) is 81.0 cm³/mol. The first-order valence-corrected chi connectivity index (χ1v) is 6.97. The van der Waals surface area contributed by atoms with E-state index < -0.39 is 0 Å². The predicted octanol–water partition coefficient (Wildman–Crippen LogP) is 2.08. The summed E-state index contributed by atoms with van der Waals surface area (Å²) in [6.07, 6.45) is 1.91. The lowest BCUT2D eigenvalue weighted by molar-refractivity contribution is 0.586. The Bertz CT molecular complexity index is 561. The van der Waals surface area contributed by atoms with Crippen molar-refractivity contribution in [2.24, 2.45) is 0 Å². The second-order valence-electron chi connectivity index (χ2n) is 4.84. The molecule has 3 rings (SSSR count). The largest absolute Gasteiger partial charge is 0.385 e. The van der Waals surface area contributed by atoms with E-state index >= 15 is 0 Å². The van der Waals surface area contributed by atoms with Gasteiger partial charge in [-0.05, 0) is 30.5 Å². The van der Waals surface area contributed by atoms with E-state index in [0.717, 1.165) is 38.5 Å². The third-order valence-electron chi connectivity index (χ3n) is 3.54. The molecule has 2 N–H and O–H groups in total. The molecule has 19 heavy (non-hydrogen) atoms. The normalized spacial score (nSPS) is 15.7. The standard InChI is InChI=1S/C15H20N4/c1-2-17-13-4-3-12-5-6-18-15(14(12)11-13)19-9-7-16-8-10-19/h3-6,11,16-17H,2,7-10H2,1H3. The summed E-state index contributed by atoms with van der Waals surface area (Å²) in [7, 11) is 0. The van der Waals surface area contributed by atoms with E-state index in [1.807, 2.05) is 6.20 Å². The summed E-state index contributed by atoms with van der Waals surface area (Å²) in [6.45, 7) is 7.17. The number of benzene rings is 1. The molecule has 0 amide bonds. The van der Waals surface area contributed by atoms with Crippen LogP contribution in [0.4, 0.5) is 11.5 Å². The van der Waals surface area contributed by atoms with Gasteiger partial charge in [0, 0.05) is 50.0 Å². The van der Waals surface area contributed by atoms with Gasteiger partial charge in [0.1, 0.15) is 5.82 Å². The van der Waals surface area contributed by atoms with Gasteiger partial charge in [0.05, 0.1) is 0 Å². The summed E-state index contributed by atoms with van der Waals surface area (Å²) >= 11 is 0. The van der Waals surface area contributed by atoms with Crippen molar-refractivity contribution in [1.82, 2.24) is 10.3 Å². The number of pyridine rings is 1. The number of nitrogens with zero attached hydrogens (tertiary/aromatic N) is 2. The number of piperazine rings is 1. The molecule has 0 unspecified atom stereocenters. The van der Waals surface area contributed by atoms with Crippen molar-refractivity contribution in [3.8, 4) is 0 Å². The Morgan fingerprint density at radius 1 is 1.26 bits per heavy atom. The quantitative estimate of drug-likeness (QED) is 0.882. The van der Waals surface area contributed by atoms with Gasteiger partial charge in [-0.3, -0.25) is 0 Å². The van der Waals surface area contributed by atoms with Crippen LogP contribution in [0.15, 0.2) is 30.5 Å². The van der Waals surface area contributed by atoms with Crippen molar-refractivity contribution in [3.63, 3.8) is 0 Å². The highest BCUT2D eigenvalue weighted by molar-refractivity contribution is 5.94. The lowest BCUT2D eigenvalue weighted by Gasteiger charge is -2.29. The Morgan fingerprint density at radius 3 is 2.89 bits per heavy atom. The lowest BCUT2D eigenvalue weighted by atomic mass is 10.1. The van der Waals surface area contributed by atoms with Crippen molar-refractivity contribution in [3.05, 3.63) is 30.5 Å². The molecule has 1 saturated heterocycles. The highest BCUT2D eigenvalue weighted by atomic mass is 15.2. The molecule has 0 atom stereocenters. The first-order chi connectivity index (χ1) is 9.38. The molecule has 4 heteroatoms. The molecule has 0 bridgehead atoms. The molecule has 2 heterocycles. The van der Waals surface area contributed by atoms with Crippen molar-refractivity contribution in [2.45, 2.75) is 6.92 Å². The molecule has 2 aromatic rings. The number of rotatable bonds is 3. The van der Waals surface area contributed by atoms with Gasteiger partial charge >= 0.3 is 0 Å². The van der Waals surface area contributed by atoms with Crippen molar-refractivity contribution in [1.29, 1.82) is 0 Å². The zero-order valence-electron chi connectivity index (χ0n) is 11.3. The van der Waals surface area contributed by atoms with Gasteiger partial charge in [0.25, 0.3) is 0 Å². The maximum atomic E-state index is 4.60. The molecule has 100 valence electrons. The number of hydrogen-bond donors (Lipinski definition) is 2. The van der Waals surface area contributed by atoms with Crippen LogP contribution in [0.3, 0.4) is 0 Å². The molecular weight excluding hydrogens is 236 g/mol. The molecule has 1 aliphatic heterocycles. The van der Waals surface area contributed by atoms with E-state index in [4.69, 9.17) is 0 Å². The van der Waals surface area contributed by atoms with Gasteiger partial charge in [0.15, 0.2) is 0 Å². The van der Waals surface area contributed by atoms with E-state index in [-0.39, 0.29) is 0 Å². The number of fused-ring (bicyclic) bond motifs is 1. The third-order valence-corrected chi connectivity index (χ3v) is 3.54. The maximum absolute atomic E-state index is 4.60. The van der Waals surface area contributed by atoms with Gasteiger partial charge in [-0.1, -0.05) is 6.07 Å². The smallest absolute Gasteiger partial charge is 0.136 e. The molecule has 0 radical (unpaired) electrons. The zero-order valence-corrected chi connectivity index (χ0v) is 11.3. The highest BCUT2D eigenvalue weighted by Gasteiger charge is 2.14.